The molecule has 11 aromatic rings. The van der Waals surface area contributed by atoms with Gasteiger partial charge in [-0.05, 0) is 110 Å². The van der Waals surface area contributed by atoms with E-state index in [1.807, 2.05) is 11.3 Å². The topological polar surface area (TPSA) is 3.24 Å². The molecule has 0 amide bonds. The van der Waals surface area contributed by atoms with Gasteiger partial charge in [0.25, 0.3) is 0 Å². The molecule has 1 atom stereocenters. The zero-order valence-electron chi connectivity index (χ0n) is 35.4. The second-order valence-corrected chi connectivity index (χ2v) is 18.0. The van der Waals surface area contributed by atoms with E-state index in [4.69, 9.17) is 0 Å². The van der Waals surface area contributed by atoms with Gasteiger partial charge in [-0.2, -0.15) is 0 Å². The van der Waals surface area contributed by atoms with E-state index in [1.165, 1.54) is 86.9 Å². The van der Waals surface area contributed by atoms with Gasteiger partial charge in [-0.25, -0.2) is 0 Å². The van der Waals surface area contributed by atoms with Crippen LogP contribution in [0.5, 0.6) is 0 Å². The van der Waals surface area contributed by atoms with Crippen molar-refractivity contribution in [3.63, 3.8) is 0 Å². The molecule has 1 nitrogen and oxygen atoms in total. The molecule has 302 valence electrons. The Bertz CT molecular complexity index is 3530. The minimum atomic E-state index is -0.289. The first-order valence-electron chi connectivity index (χ1n) is 22.1. The van der Waals surface area contributed by atoms with Gasteiger partial charge >= 0.3 is 0 Å². The van der Waals surface area contributed by atoms with E-state index in [-0.39, 0.29) is 5.41 Å². The normalized spacial score (nSPS) is 14.1. The fraction of sp³-hybridized carbons (Fsp3) is 0.0323. The van der Waals surface area contributed by atoms with E-state index >= 15 is 0 Å². The highest BCUT2D eigenvalue weighted by molar-refractivity contribution is 7.26. The Labute approximate surface area is 378 Å². The van der Waals surface area contributed by atoms with Crippen molar-refractivity contribution in [1.29, 1.82) is 0 Å². The monoisotopic (exact) mass is 833 g/mol. The van der Waals surface area contributed by atoms with Gasteiger partial charge in [0, 0.05) is 42.5 Å². The lowest BCUT2D eigenvalue weighted by atomic mass is 9.74. The lowest BCUT2D eigenvalue weighted by molar-refractivity contribution is 0.714. The van der Waals surface area contributed by atoms with Crippen LogP contribution in [-0.4, -0.2) is 0 Å². The fourth-order valence-corrected chi connectivity index (χ4v) is 11.6. The van der Waals surface area contributed by atoms with Gasteiger partial charge in [0.1, 0.15) is 0 Å². The highest BCUT2D eigenvalue weighted by Gasteiger charge is 2.41. The Morgan fingerprint density at radius 1 is 0.344 bits per heavy atom. The third-order valence-electron chi connectivity index (χ3n) is 13.4. The molecule has 2 heteroatoms. The molecule has 0 radical (unpaired) electrons. The summed E-state index contributed by atoms with van der Waals surface area (Å²) in [6, 6.07) is 89.3. The predicted molar refractivity (Wildman–Crippen MR) is 273 cm³/mol. The number of fused-ring (bicyclic) bond motifs is 6. The van der Waals surface area contributed by atoms with Crippen molar-refractivity contribution in [3.05, 3.63) is 259 Å². The van der Waals surface area contributed by atoms with Crippen LogP contribution in [0.2, 0.25) is 0 Å². The number of rotatable bonds is 8. The maximum Gasteiger partial charge on any atom is 0.0540 e. The molecule has 12 rings (SSSR count). The Morgan fingerprint density at radius 2 is 0.875 bits per heavy atom. The Morgan fingerprint density at radius 3 is 1.67 bits per heavy atom. The standard InChI is InChI=1S/C62H43NS/c1-62(44-23-6-3-7-24-44)57-35-15-12-30-52(57)56-41-46(38-39-58(56)62)63(45-25-18-22-43(40-45)48-33-19-34-55-54-32-14-17-37-60(54)64-61(48)55)59-36-16-13-31-53(59)51-29-11-10-28-50(51)49-27-9-8-26-47(49)42-20-4-2-5-21-42/h2-41H,1H3. The van der Waals surface area contributed by atoms with Crippen LogP contribution in [0.25, 0.3) is 75.8 Å². The number of thiophene rings is 1. The van der Waals surface area contributed by atoms with Crippen LogP contribution in [0.4, 0.5) is 17.1 Å². The molecule has 1 aromatic heterocycles. The van der Waals surface area contributed by atoms with Crippen LogP contribution in [0.15, 0.2) is 243 Å². The lowest BCUT2D eigenvalue weighted by Gasteiger charge is -2.31. The molecule has 0 N–H and O–H groups in total. The number of anilines is 3. The molecule has 0 fully saturated rings. The molecule has 0 aliphatic heterocycles. The van der Waals surface area contributed by atoms with Crippen molar-refractivity contribution >= 4 is 48.6 Å². The van der Waals surface area contributed by atoms with Gasteiger partial charge in [-0.3, -0.25) is 0 Å². The van der Waals surface area contributed by atoms with E-state index in [9.17, 15) is 0 Å². The summed E-state index contributed by atoms with van der Waals surface area (Å²) in [6.07, 6.45) is 0. The Kier molecular flexibility index (Phi) is 9.21. The van der Waals surface area contributed by atoms with Crippen molar-refractivity contribution in [2.24, 2.45) is 0 Å². The number of nitrogens with zero attached hydrogens (tertiary/aromatic N) is 1. The van der Waals surface area contributed by atoms with Crippen molar-refractivity contribution < 1.29 is 0 Å². The summed E-state index contributed by atoms with van der Waals surface area (Å²) in [5.41, 5.74) is 19.1. The third kappa shape index (κ3) is 6.13. The van der Waals surface area contributed by atoms with E-state index in [2.05, 4.69) is 254 Å². The third-order valence-corrected chi connectivity index (χ3v) is 14.6. The van der Waals surface area contributed by atoms with Gasteiger partial charge in [0.05, 0.1) is 5.69 Å². The smallest absolute Gasteiger partial charge is 0.0540 e. The zero-order chi connectivity index (χ0) is 42.6. The van der Waals surface area contributed by atoms with Crippen molar-refractivity contribution in [2.45, 2.75) is 12.3 Å². The van der Waals surface area contributed by atoms with Crippen LogP contribution in [0, 0.1) is 0 Å². The number of benzene rings is 10. The van der Waals surface area contributed by atoms with E-state index in [0.717, 1.165) is 22.6 Å². The molecule has 1 aliphatic carbocycles. The molecule has 1 heterocycles. The van der Waals surface area contributed by atoms with Gasteiger partial charge in [-0.15, -0.1) is 11.3 Å². The SMILES string of the molecule is CC1(c2ccccc2)c2ccccc2-c2cc(N(c3cccc(-c4cccc5c4sc4ccccc45)c3)c3ccccc3-c3ccccc3-c3ccccc3-c3ccccc3)ccc21. The highest BCUT2D eigenvalue weighted by atomic mass is 32.1. The number of hydrogen-bond acceptors (Lipinski definition) is 2. The fourth-order valence-electron chi connectivity index (χ4n) is 10.4. The number of hydrogen-bond donors (Lipinski definition) is 0. The predicted octanol–water partition coefficient (Wildman–Crippen LogP) is 17.5. The molecule has 0 saturated carbocycles. The second kappa shape index (κ2) is 15.5. The Balaban J connectivity index is 1.09. The quantitative estimate of drug-likeness (QED) is 0.147. The highest BCUT2D eigenvalue weighted by Crippen LogP contribution is 2.55. The summed E-state index contributed by atoms with van der Waals surface area (Å²) >= 11 is 1.88. The minimum Gasteiger partial charge on any atom is -0.310 e. The maximum atomic E-state index is 2.49. The van der Waals surface area contributed by atoms with E-state index in [0.29, 0.717) is 0 Å². The first kappa shape index (κ1) is 37.9. The lowest BCUT2D eigenvalue weighted by Crippen LogP contribution is -2.22. The van der Waals surface area contributed by atoms with Gasteiger partial charge < -0.3 is 4.90 Å². The maximum absolute atomic E-state index is 2.49. The van der Waals surface area contributed by atoms with E-state index < -0.39 is 0 Å². The molecule has 10 aromatic carbocycles. The van der Waals surface area contributed by atoms with Gasteiger partial charge in [-0.1, -0.05) is 206 Å². The molecule has 1 aliphatic rings. The summed E-state index contributed by atoms with van der Waals surface area (Å²) in [7, 11) is 0. The molecule has 0 spiro atoms. The first-order chi connectivity index (χ1) is 31.6. The molecule has 0 saturated heterocycles. The Hall–Kier alpha value is -7.78. The summed E-state index contributed by atoms with van der Waals surface area (Å²) in [5, 5.41) is 2.61. The molecule has 64 heavy (non-hydrogen) atoms. The average Bonchev–Trinajstić information content (AvgIpc) is 3.88. The van der Waals surface area contributed by atoms with Crippen LogP contribution in [0.1, 0.15) is 23.6 Å². The van der Waals surface area contributed by atoms with Crippen LogP contribution >= 0.6 is 11.3 Å². The summed E-state index contributed by atoms with van der Waals surface area (Å²) in [6.45, 7) is 2.39. The summed E-state index contributed by atoms with van der Waals surface area (Å²) < 4.78 is 2.62. The average molecular weight is 834 g/mol. The van der Waals surface area contributed by atoms with Gasteiger partial charge in [0.2, 0.25) is 0 Å². The van der Waals surface area contributed by atoms with Crippen molar-refractivity contribution in [2.75, 3.05) is 4.90 Å². The second-order valence-electron chi connectivity index (χ2n) is 16.9. The molecule has 0 bridgehead atoms. The number of para-hydroxylation sites is 1. The van der Waals surface area contributed by atoms with Crippen LogP contribution < -0.4 is 4.90 Å². The summed E-state index contributed by atoms with van der Waals surface area (Å²) in [4.78, 5) is 2.49. The molecular formula is C62H43NS. The van der Waals surface area contributed by atoms with E-state index in [1.54, 1.807) is 0 Å². The molecular weight excluding hydrogens is 791 g/mol. The summed E-state index contributed by atoms with van der Waals surface area (Å²) in [5.74, 6) is 0. The van der Waals surface area contributed by atoms with Crippen LogP contribution in [0.3, 0.4) is 0 Å². The molecule has 1 unspecified atom stereocenters. The zero-order valence-corrected chi connectivity index (χ0v) is 36.3. The largest absolute Gasteiger partial charge is 0.310 e. The minimum absolute atomic E-state index is 0.289. The van der Waals surface area contributed by atoms with Crippen LogP contribution in [-0.2, 0) is 5.41 Å². The van der Waals surface area contributed by atoms with Crippen molar-refractivity contribution in [3.8, 4) is 55.6 Å². The first-order valence-corrected chi connectivity index (χ1v) is 22.9. The van der Waals surface area contributed by atoms with Gasteiger partial charge in [0.15, 0.2) is 0 Å². The van der Waals surface area contributed by atoms with Crippen molar-refractivity contribution in [1.82, 2.24) is 0 Å².